The van der Waals surface area contributed by atoms with Crippen LogP contribution in [0.1, 0.15) is 43.1 Å². The van der Waals surface area contributed by atoms with Gasteiger partial charge in [-0.05, 0) is 19.8 Å². The van der Waals surface area contributed by atoms with Crippen LogP contribution in [0.4, 0.5) is 5.95 Å². The second-order valence-corrected chi connectivity index (χ2v) is 4.42. The Morgan fingerprint density at radius 1 is 1.35 bits per heavy atom. The fourth-order valence-electron chi connectivity index (χ4n) is 2.26. The first kappa shape index (κ1) is 12.0. The molecule has 0 aromatic carbocycles. The Labute approximate surface area is 101 Å². The maximum Gasteiger partial charge on any atom is 0.356 e. The lowest BCUT2D eigenvalue weighted by Gasteiger charge is -2.21. The Kier molecular flexibility index (Phi) is 3.66. The number of rotatable bonds is 3. The molecule has 2 rings (SSSR count). The highest BCUT2D eigenvalue weighted by molar-refractivity contribution is 5.85. The smallest absolute Gasteiger partial charge is 0.356 e. The largest absolute Gasteiger partial charge is 0.476 e. The minimum absolute atomic E-state index is 0.145. The predicted molar refractivity (Wildman–Crippen MR) is 65.5 cm³/mol. The first-order valence-electron chi connectivity index (χ1n) is 6.27. The van der Waals surface area contributed by atoms with Gasteiger partial charge in [0.1, 0.15) is 0 Å². The van der Waals surface area contributed by atoms with Crippen LogP contribution < -0.4 is 4.90 Å². The zero-order valence-electron chi connectivity index (χ0n) is 10.2. The lowest BCUT2D eigenvalue weighted by atomic mass is 10.2. The summed E-state index contributed by atoms with van der Waals surface area (Å²) in [7, 11) is 0. The number of aromatic carboxylic acids is 1. The van der Waals surface area contributed by atoms with Crippen LogP contribution in [0.2, 0.25) is 0 Å². The second-order valence-electron chi connectivity index (χ2n) is 4.42. The topological polar surface area (TPSA) is 58.4 Å². The molecule has 0 saturated carbocycles. The van der Waals surface area contributed by atoms with Crippen molar-refractivity contribution in [2.75, 3.05) is 18.0 Å². The minimum atomic E-state index is -0.951. The number of nitrogens with zero attached hydrogens (tertiary/aromatic N) is 3. The Hall–Kier alpha value is -1.52. The van der Waals surface area contributed by atoms with Gasteiger partial charge < -0.3 is 14.6 Å². The Morgan fingerprint density at radius 3 is 2.53 bits per heavy atom. The lowest BCUT2D eigenvalue weighted by Crippen LogP contribution is -2.27. The molecule has 17 heavy (non-hydrogen) atoms. The van der Waals surface area contributed by atoms with E-state index in [-0.39, 0.29) is 5.69 Å². The molecule has 0 bridgehead atoms. The van der Waals surface area contributed by atoms with Gasteiger partial charge in [0.2, 0.25) is 5.95 Å². The molecule has 1 aliphatic rings. The Balaban J connectivity index is 2.25. The predicted octanol–water partition coefficient (Wildman–Crippen LogP) is 1.98. The van der Waals surface area contributed by atoms with E-state index in [1.807, 2.05) is 11.5 Å². The molecule has 5 nitrogen and oxygen atoms in total. The molecule has 5 heteroatoms. The van der Waals surface area contributed by atoms with Crippen LogP contribution in [0, 0.1) is 0 Å². The van der Waals surface area contributed by atoms with Crippen molar-refractivity contribution in [1.82, 2.24) is 9.55 Å². The van der Waals surface area contributed by atoms with Crippen LogP contribution in [-0.2, 0) is 6.54 Å². The summed E-state index contributed by atoms with van der Waals surface area (Å²) in [6.45, 7) is 4.73. The Bertz CT molecular complexity index is 392. The van der Waals surface area contributed by atoms with Crippen molar-refractivity contribution in [2.24, 2.45) is 0 Å². The molecule has 0 radical (unpaired) electrons. The molecule has 1 fully saturated rings. The number of aromatic nitrogens is 2. The highest BCUT2D eigenvalue weighted by Crippen LogP contribution is 2.19. The molecular weight excluding hydrogens is 218 g/mol. The number of carboxylic acid groups (broad SMARTS) is 1. The molecule has 1 aromatic heterocycles. The van der Waals surface area contributed by atoms with E-state index in [1.165, 1.54) is 25.7 Å². The van der Waals surface area contributed by atoms with Crippen molar-refractivity contribution in [3.63, 3.8) is 0 Å². The zero-order chi connectivity index (χ0) is 12.3. The molecule has 1 N–H and O–H groups in total. The molecule has 1 aromatic rings. The standard InChI is InChI=1S/C12H19N3O2/c1-2-14-9-10(11(16)17)13-12(14)15-7-5-3-4-6-8-15/h9H,2-8H2,1H3,(H,16,17). The first-order valence-corrected chi connectivity index (χ1v) is 6.27. The SMILES string of the molecule is CCn1cc(C(=O)O)nc1N1CCCCCC1. The van der Waals surface area contributed by atoms with E-state index in [9.17, 15) is 4.79 Å². The van der Waals surface area contributed by atoms with Crippen LogP contribution in [0.25, 0.3) is 0 Å². The van der Waals surface area contributed by atoms with E-state index in [2.05, 4.69) is 9.88 Å². The summed E-state index contributed by atoms with van der Waals surface area (Å²) in [6.07, 6.45) is 6.48. The quantitative estimate of drug-likeness (QED) is 0.873. The van der Waals surface area contributed by atoms with Gasteiger partial charge in [0.15, 0.2) is 5.69 Å². The summed E-state index contributed by atoms with van der Waals surface area (Å²) < 4.78 is 1.93. The maximum atomic E-state index is 10.9. The van der Waals surface area contributed by atoms with E-state index in [1.54, 1.807) is 6.20 Å². The highest BCUT2D eigenvalue weighted by atomic mass is 16.4. The fraction of sp³-hybridized carbons (Fsp3) is 0.667. The van der Waals surface area contributed by atoms with Crippen molar-refractivity contribution in [2.45, 2.75) is 39.2 Å². The normalized spacial score (nSPS) is 16.9. The average Bonchev–Trinajstić information content (AvgIpc) is 2.57. The van der Waals surface area contributed by atoms with Gasteiger partial charge in [0.05, 0.1) is 0 Å². The molecular formula is C12H19N3O2. The molecule has 1 aliphatic heterocycles. The number of carbonyl (C=O) groups is 1. The summed E-state index contributed by atoms with van der Waals surface area (Å²) in [6, 6.07) is 0. The van der Waals surface area contributed by atoms with Crippen molar-refractivity contribution in [1.29, 1.82) is 0 Å². The Morgan fingerprint density at radius 2 is 2.00 bits per heavy atom. The number of hydrogen-bond donors (Lipinski definition) is 1. The molecule has 0 spiro atoms. The van der Waals surface area contributed by atoms with E-state index in [0.717, 1.165) is 25.6 Å². The number of carboxylic acids is 1. The first-order chi connectivity index (χ1) is 8.22. The van der Waals surface area contributed by atoms with Crippen molar-refractivity contribution >= 4 is 11.9 Å². The van der Waals surface area contributed by atoms with Crippen molar-refractivity contribution < 1.29 is 9.90 Å². The molecule has 1 saturated heterocycles. The number of aryl methyl sites for hydroxylation is 1. The lowest BCUT2D eigenvalue weighted by molar-refractivity contribution is 0.0691. The van der Waals surface area contributed by atoms with Gasteiger partial charge in [-0.15, -0.1) is 0 Å². The van der Waals surface area contributed by atoms with Crippen molar-refractivity contribution in [3.8, 4) is 0 Å². The summed E-state index contributed by atoms with van der Waals surface area (Å²) in [4.78, 5) is 17.4. The molecule has 0 unspecified atom stereocenters. The minimum Gasteiger partial charge on any atom is -0.476 e. The highest BCUT2D eigenvalue weighted by Gasteiger charge is 2.18. The number of imidazole rings is 1. The molecule has 2 heterocycles. The van der Waals surface area contributed by atoms with E-state index >= 15 is 0 Å². The second kappa shape index (κ2) is 5.21. The summed E-state index contributed by atoms with van der Waals surface area (Å²) in [5, 5.41) is 8.98. The summed E-state index contributed by atoms with van der Waals surface area (Å²) in [5.74, 6) is -0.139. The third kappa shape index (κ3) is 2.60. The zero-order valence-corrected chi connectivity index (χ0v) is 10.2. The third-order valence-electron chi connectivity index (χ3n) is 3.20. The molecule has 0 atom stereocenters. The van der Waals surface area contributed by atoms with E-state index in [4.69, 9.17) is 5.11 Å². The summed E-state index contributed by atoms with van der Waals surface area (Å²) >= 11 is 0. The van der Waals surface area contributed by atoms with Gasteiger partial charge in [0.25, 0.3) is 0 Å². The van der Waals surface area contributed by atoms with Crippen LogP contribution >= 0.6 is 0 Å². The van der Waals surface area contributed by atoms with Gasteiger partial charge in [-0.3, -0.25) is 0 Å². The van der Waals surface area contributed by atoms with Gasteiger partial charge in [-0.1, -0.05) is 12.8 Å². The van der Waals surface area contributed by atoms with Gasteiger partial charge in [-0.2, -0.15) is 0 Å². The van der Waals surface area contributed by atoms with Crippen LogP contribution in [0.3, 0.4) is 0 Å². The number of hydrogen-bond acceptors (Lipinski definition) is 3. The monoisotopic (exact) mass is 237 g/mol. The van der Waals surface area contributed by atoms with Gasteiger partial charge >= 0.3 is 5.97 Å². The molecule has 0 aliphatic carbocycles. The van der Waals surface area contributed by atoms with E-state index < -0.39 is 5.97 Å². The summed E-state index contributed by atoms with van der Waals surface area (Å²) in [5.41, 5.74) is 0.145. The van der Waals surface area contributed by atoms with Crippen molar-refractivity contribution in [3.05, 3.63) is 11.9 Å². The van der Waals surface area contributed by atoms with Crippen LogP contribution in [0.15, 0.2) is 6.20 Å². The average molecular weight is 237 g/mol. The molecule has 94 valence electrons. The third-order valence-corrected chi connectivity index (χ3v) is 3.20. The fourth-order valence-corrected chi connectivity index (χ4v) is 2.26. The van der Waals surface area contributed by atoms with Gasteiger partial charge in [-0.25, -0.2) is 9.78 Å². The van der Waals surface area contributed by atoms with Crippen LogP contribution in [-0.4, -0.2) is 33.7 Å². The van der Waals surface area contributed by atoms with Gasteiger partial charge in [0, 0.05) is 25.8 Å². The van der Waals surface area contributed by atoms with E-state index in [0.29, 0.717) is 0 Å². The van der Waals surface area contributed by atoms with Crippen LogP contribution in [0.5, 0.6) is 0 Å². The number of anilines is 1. The molecule has 0 amide bonds. The maximum absolute atomic E-state index is 10.9.